The van der Waals surface area contributed by atoms with Crippen molar-refractivity contribution in [2.75, 3.05) is 7.11 Å². The van der Waals surface area contributed by atoms with E-state index in [1.165, 1.54) is 11.7 Å². The SMILES string of the molecule is COc1cccc(C(=O)Cn2c(=O)oc3cccnc32)c1. The molecule has 0 unspecified atom stereocenters. The molecule has 0 aliphatic rings. The average Bonchev–Trinajstić information content (AvgIpc) is 2.83. The van der Waals surface area contributed by atoms with Gasteiger partial charge in [0.2, 0.25) is 0 Å². The molecule has 6 nitrogen and oxygen atoms in total. The molecule has 0 saturated carbocycles. The van der Waals surface area contributed by atoms with Gasteiger partial charge in [0.15, 0.2) is 17.0 Å². The van der Waals surface area contributed by atoms with Gasteiger partial charge in [0, 0.05) is 11.8 Å². The number of nitrogens with zero attached hydrogens (tertiary/aromatic N) is 2. The van der Waals surface area contributed by atoms with Crippen molar-refractivity contribution in [1.29, 1.82) is 0 Å². The fraction of sp³-hybridized carbons (Fsp3) is 0.133. The van der Waals surface area contributed by atoms with Crippen LogP contribution >= 0.6 is 0 Å². The molecule has 0 saturated heterocycles. The van der Waals surface area contributed by atoms with Crippen molar-refractivity contribution in [2.45, 2.75) is 6.54 Å². The molecule has 0 N–H and O–H groups in total. The molecule has 21 heavy (non-hydrogen) atoms. The molecule has 2 heterocycles. The molecule has 6 heteroatoms. The zero-order valence-corrected chi connectivity index (χ0v) is 11.3. The van der Waals surface area contributed by atoms with Crippen LogP contribution in [0.1, 0.15) is 10.4 Å². The van der Waals surface area contributed by atoms with E-state index in [-0.39, 0.29) is 12.3 Å². The number of benzene rings is 1. The van der Waals surface area contributed by atoms with E-state index in [1.807, 2.05) is 0 Å². The second kappa shape index (κ2) is 5.24. The predicted octanol–water partition coefficient (Wildman–Crippen LogP) is 1.88. The molecule has 0 aliphatic carbocycles. The van der Waals surface area contributed by atoms with Crippen LogP contribution in [0.25, 0.3) is 11.2 Å². The van der Waals surface area contributed by atoms with Gasteiger partial charge in [-0.15, -0.1) is 0 Å². The smallest absolute Gasteiger partial charge is 0.421 e. The highest BCUT2D eigenvalue weighted by Gasteiger charge is 2.15. The summed E-state index contributed by atoms with van der Waals surface area (Å²) in [6.07, 6.45) is 1.55. The highest BCUT2D eigenvalue weighted by molar-refractivity contribution is 5.96. The van der Waals surface area contributed by atoms with E-state index in [1.54, 1.807) is 42.6 Å². The standard InChI is InChI=1S/C15H12N2O4/c1-20-11-5-2-4-10(8-11)12(18)9-17-14-13(21-15(17)19)6-3-7-16-14/h2-8H,9H2,1H3. The predicted molar refractivity (Wildman–Crippen MR) is 75.6 cm³/mol. The Labute approximate surface area is 119 Å². The summed E-state index contributed by atoms with van der Waals surface area (Å²) in [6, 6.07) is 10.1. The van der Waals surface area contributed by atoms with Crippen molar-refractivity contribution in [1.82, 2.24) is 9.55 Å². The van der Waals surface area contributed by atoms with Crippen molar-refractivity contribution in [3.8, 4) is 5.75 Å². The molecule has 0 atom stereocenters. The van der Waals surface area contributed by atoms with Crippen molar-refractivity contribution < 1.29 is 13.9 Å². The number of rotatable bonds is 4. The maximum absolute atomic E-state index is 12.3. The van der Waals surface area contributed by atoms with Gasteiger partial charge in [-0.25, -0.2) is 9.78 Å². The van der Waals surface area contributed by atoms with Gasteiger partial charge in [-0.05, 0) is 24.3 Å². The molecule has 3 rings (SSSR count). The first-order valence-electron chi connectivity index (χ1n) is 6.30. The second-order valence-electron chi connectivity index (χ2n) is 4.43. The summed E-state index contributed by atoms with van der Waals surface area (Å²) in [4.78, 5) is 28.2. The quantitative estimate of drug-likeness (QED) is 0.684. The Kier molecular flexibility index (Phi) is 3.27. The van der Waals surface area contributed by atoms with Gasteiger partial charge in [-0.3, -0.25) is 9.36 Å². The van der Waals surface area contributed by atoms with Crippen LogP contribution in [0.2, 0.25) is 0 Å². The number of methoxy groups -OCH3 is 1. The molecule has 0 radical (unpaired) electrons. The Hall–Kier alpha value is -2.89. The number of oxazole rings is 1. The Balaban J connectivity index is 1.96. The number of carbonyl (C=O) groups is 1. The zero-order chi connectivity index (χ0) is 14.8. The minimum Gasteiger partial charge on any atom is -0.497 e. The molecular formula is C15H12N2O4. The van der Waals surface area contributed by atoms with Gasteiger partial charge in [0.1, 0.15) is 5.75 Å². The molecule has 0 spiro atoms. The Morgan fingerprint density at radius 2 is 2.19 bits per heavy atom. The largest absolute Gasteiger partial charge is 0.497 e. The summed E-state index contributed by atoms with van der Waals surface area (Å²) in [5.41, 5.74) is 1.19. The van der Waals surface area contributed by atoms with E-state index < -0.39 is 5.76 Å². The van der Waals surface area contributed by atoms with E-state index >= 15 is 0 Å². The summed E-state index contributed by atoms with van der Waals surface area (Å²) in [5.74, 6) is -0.229. The van der Waals surface area contributed by atoms with Crippen LogP contribution in [0.4, 0.5) is 0 Å². The normalized spacial score (nSPS) is 10.7. The van der Waals surface area contributed by atoms with E-state index in [0.29, 0.717) is 22.5 Å². The first kappa shape index (κ1) is 13.1. The molecule has 0 bridgehead atoms. The van der Waals surface area contributed by atoms with Crippen molar-refractivity contribution in [2.24, 2.45) is 0 Å². The van der Waals surface area contributed by atoms with Crippen LogP contribution in [0.5, 0.6) is 5.75 Å². The fourth-order valence-electron chi connectivity index (χ4n) is 2.07. The van der Waals surface area contributed by atoms with Crippen LogP contribution in [0, 0.1) is 0 Å². The van der Waals surface area contributed by atoms with Gasteiger partial charge >= 0.3 is 5.76 Å². The maximum Gasteiger partial charge on any atom is 0.421 e. The third-order valence-electron chi connectivity index (χ3n) is 3.12. The molecule has 106 valence electrons. The summed E-state index contributed by atoms with van der Waals surface area (Å²) >= 11 is 0. The highest BCUT2D eigenvalue weighted by Crippen LogP contribution is 2.15. The first-order chi connectivity index (χ1) is 10.2. The van der Waals surface area contributed by atoms with Gasteiger partial charge in [0.25, 0.3) is 0 Å². The van der Waals surface area contributed by atoms with Crippen LogP contribution in [-0.2, 0) is 6.54 Å². The highest BCUT2D eigenvalue weighted by atomic mass is 16.5. The van der Waals surface area contributed by atoms with Gasteiger partial charge in [-0.2, -0.15) is 0 Å². The minimum absolute atomic E-state index is 0.129. The summed E-state index contributed by atoms with van der Waals surface area (Å²) < 4.78 is 11.4. The number of hydrogen-bond donors (Lipinski definition) is 0. The van der Waals surface area contributed by atoms with E-state index in [2.05, 4.69) is 4.98 Å². The van der Waals surface area contributed by atoms with Crippen LogP contribution in [-0.4, -0.2) is 22.4 Å². The average molecular weight is 284 g/mol. The van der Waals surface area contributed by atoms with Gasteiger partial charge in [-0.1, -0.05) is 12.1 Å². The topological polar surface area (TPSA) is 74.3 Å². The number of aromatic nitrogens is 2. The van der Waals surface area contributed by atoms with Crippen LogP contribution < -0.4 is 10.5 Å². The number of pyridine rings is 1. The van der Waals surface area contributed by atoms with E-state index in [4.69, 9.17) is 9.15 Å². The lowest BCUT2D eigenvalue weighted by Gasteiger charge is -2.04. The summed E-state index contributed by atoms with van der Waals surface area (Å²) in [5, 5.41) is 0. The molecule has 0 aliphatic heterocycles. The van der Waals surface area contributed by atoms with Crippen molar-refractivity contribution in [3.63, 3.8) is 0 Å². The fourth-order valence-corrected chi connectivity index (χ4v) is 2.07. The third-order valence-corrected chi connectivity index (χ3v) is 3.12. The number of ketones is 1. The molecule has 2 aromatic heterocycles. The number of Topliss-reactive ketones (excluding diaryl/α,β-unsaturated/α-hetero) is 1. The first-order valence-corrected chi connectivity index (χ1v) is 6.30. The number of fused-ring (bicyclic) bond motifs is 1. The lowest BCUT2D eigenvalue weighted by Crippen LogP contribution is -2.20. The molecule has 3 aromatic rings. The Morgan fingerprint density at radius 1 is 1.33 bits per heavy atom. The molecule has 0 amide bonds. The van der Waals surface area contributed by atoms with Crippen molar-refractivity contribution >= 4 is 17.0 Å². The third kappa shape index (κ3) is 2.43. The Morgan fingerprint density at radius 3 is 3.00 bits per heavy atom. The van der Waals surface area contributed by atoms with E-state index in [0.717, 1.165) is 0 Å². The van der Waals surface area contributed by atoms with Crippen LogP contribution in [0.3, 0.4) is 0 Å². The lowest BCUT2D eigenvalue weighted by atomic mass is 10.1. The molecule has 1 aromatic carbocycles. The lowest BCUT2D eigenvalue weighted by molar-refractivity contribution is 0.0970. The number of hydrogen-bond acceptors (Lipinski definition) is 5. The second-order valence-corrected chi connectivity index (χ2v) is 4.43. The Bertz CT molecular complexity index is 863. The summed E-state index contributed by atoms with van der Waals surface area (Å²) in [7, 11) is 1.53. The number of carbonyl (C=O) groups excluding carboxylic acids is 1. The van der Waals surface area contributed by atoms with E-state index in [9.17, 15) is 9.59 Å². The van der Waals surface area contributed by atoms with Crippen LogP contribution in [0.15, 0.2) is 51.8 Å². The summed E-state index contributed by atoms with van der Waals surface area (Å²) in [6.45, 7) is -0.129. The van der Waals surface area contributed by atoms with Gasteiger partial charge in [0.05, 0.1) is 13.7 Å². The minimum atomic E-state index is -0.597. The maximum atomic E-state index is 12.3. The molecule has 0 fully saturated rings. The van der Waals surface area contributed by atoms with Gasteiger partial charge < -0.3 is 9.15 Å². The monoisotopic (exact) mass is 284 g/mol. The number of ether oxygens (including phenoxy) is 1. The van der Waals surface area contributed by atoms with Crippen molar-refractivity contribution in [3.05, 3.63) is 58.7 Å². The molecular weight excluding hydrogens is 272 g/mol. The zero-order valence-electron chi connectivity index (χ0n) is 11.3.